The summed E-state index contributed by atoms with van der Waals surface area (Å²) >= 11 is 6.28. The largest absolute Gasteiger partial charge is 0.493 e. The van der Waals surface area contributed by atoms with Crippen LogP contribution in [0.1, 0.15) is 51.5 Å². The van der Waals surface area contributed by atoms with Gasteiger partial charge in [-0.3, -0.25) is 4.90 Å². The van der Waals surface area contributed by atoms with Gasteiger partial charge in [-0.2, -0.15) is 0 Å². The number of hydrogen-bond acceptors (Lipinski definition) is 4. The van der Waals surface area contributed by atoms with Crippen molar-refractivity contribution in [3.63, 3.8) is 0 Å². The number of piperazine rings is 1. The lowest BCUT2D eigenvalue weighted by Gasteiger charge is -2.39. The lowest BCUT2D eigenvalue weighted by molar-refractivity contribution is 0.0120. The Hall–Kier alpha value is -1.75. The van der Waals surface area contributed by atoms with Gasteiger partial charge in [0.05, 0.1) is 6.61 Å². The van der Waals surface area contributed by atoms with Crippen LogP contribution in [0.5, 0.6) is 5.75 Å². The maximum atomic E-state index is 11.4. The molecule has 1 atom stereocenters. The Morgan fingerprint density at radius 3 is 2.39 bits per heavy atom. The van der Waals surface area contributed by atoms with Crippen LogP contribution < -0.4 is 9.64 Å². The number of nitrogens with zero attached hydrogens (tertiary/aromatic N) is 2. The summed E-state index contributed by atoms with van der Waals surface area (Å²) in [5.74, 6) is 0.743. The predicted octanol–water partition coefficient (Wildman–Crippen LogP) is 5.72. The highest BCUT2D eigenvalue weighted by molar-refractivity contribution is 6.30. The number of rotatable bonds is 11. The molecule has 2 aromatic carbocycles. The number of anilines is 1. The molecular formula is C26H37ClN2O2. The number of benzene rings is 2. The molecule has 31 heavy (non-hydrogen) atoms. The molecular weight excluding hydrogens is 408 g/mol. The molecule has 3 rings (SSSR count). The van der Waals surface area contributed by atoms with E-state index in [0.717, 1.165) is 43.9 Å². The molecule has 1 saturated heterocycles. The summed E-state index contributed by atoms with van der Waals surface area (Å²) in [5.41, 5.74) is 1.01. The highest BCUT2D eigenvalue weighted by Crippen LogP contribution is 2.34. The van der Waals surface area contributed by atoms with Gasteiger partial charge in [-0.1, -0.05) is 62.4 Å². The van der Waals surface area contributed by atoms with Crippen LogP contribution in [0.25, 0.3) is 0 Å². The Morgan fingerprint density at radius 1 is 0.968 bits per heavy atom. The minimum absolute atomic E-state index is 0.558. The second-order valence-corrected chi connectivity index (χ2v) is 9.21. The summed E-state index contributed by atoms with van der Waals surface area (Å²) in [7, 11) is 0. The molecule has 5 heteroatoms. The van der Waals surface area contributed by atoms with E-state index in [1.807, 2.05) is 31.2 Å². The first-order chi connectivity index (χ1) is 15.0. The van der Waals surface area contributed by atoms with Gasteiger partial charge in [-0.15, -0.1) is 0 Å². The molecule has 1 aliphatic rings. The lowest BCUT2D eigenvalue weighted by Crippen LogP contribution is -2.50. The van der Waals surface area contributed by atoms with E-state index >= 15 is 0 Å². The maximum Gasteiger partial charge on any atom is 0.125 e. The second kappa shape index (κ2) is 11.8. The Kier molecular flexibility index (Phi) is 9.06. The van der Waals surface area contributed by atoms with Crippen LogP contribution in [0.2, 0.25) is 5.02 Å². The van der Waals surface area contributed by atoms with Crippen molar-refractivity contribution in [3.8, 4) is 5.75 Å². The van der Waals surface area contributed by atoms with Gasteiger partial charge in [0.15, 0.2) is 0 Å². The first kappa shape index (κ1) is 23.9. The van der Waals surface area contributed by atoms with Crippen molar-refractivity contribution in [2.24, 2.45) is 0 Å². The van der Waals surface area contributed by atoms with Crippen molar-refractivity contribution in [1.29, 1.82) is 0 Å². The number of ether oxygens (including phenoxy) is 1. The fourth-order valence-corrected chi connectivity index (χ4v) is 4.43. The lowest BCUT2D eigenvalue weighted by atomic mass is 9.94. The smallest absolute Gasteiger partial charge is 0.125 e. The zero-order valence-corrected chi connectivity index (χ0v) is 19.8. The molecule has 0 aliphatic carbocycles. The van der Waals surface area contributed by atoms with Crippen molar-refractivity contribution in [3.05, 3.63) is 59.1 Å². The van der Waals surface area contributed by atoms with E-state index in [1.54, 1.807) is 0 Å². The van der Waals surface area contributed by atoms with E-state index in [1.165, 1.54) is 31.4 Å². The maximum absolute atomic E-state index is 11.4. The van der Waals surface area contributed by atoms with E-state index in [4.69, 9.17) is 16.3 Å². The Morgan fingerprint density at radius 2 is 1.68 bits per heavy atom. The molecule has 1 heterocycles. The average Bonchev–Trinajstić information content (AvgIpc) is 2.78. The fraction of sp³-hybridized carbons (Fsp3) is 0.538. The minimum atomic E-state index is -1.03. The van der Waals surface area contributed by atoms with Crippen LogP contribution in [0.15, 0.2) is 48.5 Å². The SMILES string of the molecule is CCCCCCCOc1ccc(Cl)cc1C(C)(O)CN1CCN(c2ccccc2)CC1. The van der Waals surface area contributed by atoms with Crippen molar-refractivity contribution < 1.29 is 9.84 Å². The number of unbranched alkanes of at least 4 members (excludes halogenated alkanes) is 4. The van der Waals surface area contributed by atoms with Gasteiger partial charge in [0.2, 0.25) is 0 Å². The molecule has 2 aromatic rings. The molecule has 0 radical (unpaired) electrons. The summed E-state index contributed by atoms with van der Waals surface area (Å²) in [6.07, 6.45) is 5.98. The van der Waals surface area contributed by atoms with Gasteiger partial charge in [-0.25, -0.2) is 0 Å². The molecule has 170 valence electrons. The summed E-state index contributed by atoms with van der Waals surface area (Å²) < 4.78 is 6.08. The van der Waals surface area contributed by atoms with Gasteiger partial charge in [0.25, 0.3) is 0 Å². The Bertz CT molecular complexity index is 789. The summed E-state index contributed by atoms with van der Waals surface area (Å²) in [4.78, 5) is 4.73. The third kappa shape index (κ3) is 7.13. The predicted molar refractivity (Wildman–Crippen MR) is 130 cm³/mol. The molecule has 1 aliphatic heterocycles. The number of hydrogen-bond donors (Lipinski definition) is 1. The quantitative estimate of drug-likeness (QED) is 0.449. The highest BCUT2D eigenvalue weighted by atomic mass is 35.5. The second-order valence-electron chi connectivity index (χ2n) is 8.78. The molecule has 0 spiro atoms. The topological polar surface area (TPSA) is 35.9 Å². The Balaban J connectivity index is 1.57. The molecule has 0 amide bonds. The van der Waals surface area contributed by atoms with Crippen molar-refractivity contribution in [2.75, 3.05) is 44.2 Å². The molecule has 1 unspecified atom stereocenters. The number of para-hydroxylation sites is 1. The van der Waals surface area contributed by atoms with Crippen molar-refractivity contribution in [2.45, 2.75) is 51.6 Å². The normalized spacial score (nSPS) is 16.8. The number of β-amino-alcohol motifs (C(OH)–C–C–N with tert-alkyl or cyclic N) is 1. The molecule has 1 N–H and O–H groups in total. The zero-order valence-electron chi connectivity index (χ0n) is 19.0. The third-order valence-corrected chi connectivity index (χ3v) is 6.29. The van der Waals surface area contributed by atoms with Gasteiger partial charge >= 0.3 is 0 Å². The number of halogens is 1. The Labute approximate surface area is 192 Å². The van der Waals surface area contributed by atoms with E-state index in [0.29, 0.717) is 18.2 Å². The first-order valence-electron chi connectivity index (χ1n) is 11.7. The van der Waals surface area contributed by atoms with Gasteiger partial charge in [0, 0.05) is 49.0 Å². The van der Waals surface area contributed by atoms with E-state index in [2.05, 4.69) is 41.0 Å². The van der Waals surface area contributed by atoms with E-state index in [-0.39, 0.29) is 0 Å². The van der Waals surface area contributed by atoms with Crippen LogP contribution in [0, 0.1) is 0 Å². The molecule has 0 saturated carbocycles. The zero-order chi connectivity index (χ0) is 22.1. The minimum Gasteiger partial charge on any atom is -0.493 e. The highest BCUT2D eigenvalue weighted by Gasteiger charge is 2.31. The van der Waals surface area contributed by atoms with Crippen LogP contribution in [0.4, 0.5) is 5.69 Å². The van der Waals surface area contributed by atoms with Crippen molar-refractivity contribution >= 4 is 17.3 Å². The molecule has 4 nitrogen and oxygen atoms in total. The van der Waals surface area contributed by atoms with Gasteiger partial charge < -0.3 is 14.7 Å². The molecule has 0 bridgehead atoms. The summed E-state index contributed by atoms with van der Waals surface area (Å²) in [6, 6.07) is 16.1. The first-order valence-corrected chi connectivity index (χ1v) is 12.0. The van der Waals surface area contributed by atoms with Gasteiger partial charge in [0.1, 0.15) is 11.4 Å². The molecule has 0 aromatic heterocycles. The summed E-state index contributed by atoms with van der Waals surface area (Å²) in [6.45, 7) is 9.06. The van der Waals surface area contributed by atoms with Crippen LogP contribution in [-0.2, 0) is 5.60 Å². The van der Waals surface area contributed by atoms with Gasteiger partial charge in [-0.05, 0) is 43.7 Å². The third-order valence-electron chi connectivity index (χ3n) is 6.05. The van der Waals surface area contributed by atoms with E-state index < -0.39 is 5.60 Å². The molecule has 1 fully saturated rings. The standard InChI is InChI=1S/C26H37ClN2O2/c1-3-4-5-6-10-19-31-25-14-13-22(27)20-24(25)26(2,30)21-28-15-17-29(18-16-28)23-11-8-7-9-12-23/h7-9,11-14,20,30H,3-6,10,15-19,21H2,1-2H3. The van der Waals surface area contributed by atoms with Crippen molar-refractivity contribution in [1.82, 2.24) is 4.90 Å². The summed E-state index contributed by atoms with van der Waals surface area (Å²) in [5, 5.41) is 12.0. The van der Waals surface area contributed by atoms with Crippen LogP contribution >= 0.6 is 11.6 Å². The average molecular weight is 445 g/mol. The van der Waals surface area contributed by atoms with E-state index in [9.17, 15) is 5.11 Å². The monoisotopic (exact) mass is 444 g/mol. The fourth-order valence-electron chi connectivity index (χ4n) is 4.26. The van der Waals surface area contributed by atoms with Crippen LogP contribution in [-0.4, -0.2) is 49.3 Å². The van der Waals surface area contributed by atoms with Crippen LogP contribution in [0.3, 0.4) is 0 Å². The number of aliphatic hydroxyl groups is 1.